The predicted octanol–water partition coefficient (Wildman–Crippen LogP) is 4.92. The van der Waals surface area contributed by atoms with Crippen LogP contribution >= 0.6 is 27.3 Å². The van der Waals surface area contributed by atoms with Crippen LogP contribution in [0.5, 0.6) is 0 Å². The second kappa shape index (κ2) is 8.28. The summed E-state index contributed by atoms with van der Waals surface area (Å²) < 4.78 is 1.31. The minimum absolute atomic E-state index is 0.625. The van der Waals surface area contributed by atoms with E-state index < -0.39 is 0 Å². The van der Waals surface area contributed by atoms with Gasteiger partial charge in [-0.05, 0) is 54.7 Å². The van der Waals surface area contributed by atoms with E-state index in [9.17, 15) is 0 Å². The Morgan fingerprint density at radius 1 is 1.24 bits per heavy atom. The molecule has 1 nitrogen and oxygen atoms in total. The van der Waals surface area contributed by atoms with E-state index in [4.69, 9.17) is 0 Å². The number of halogens is 1. The molecule has 0 aliphatic heterocycles. The van der Waals surface area contributed by atoms with Gasteiger partial charge >= 0.3 is 0 Å². The zero-order valence-corrected chi connectivity index (χ0v) is 13.6. The molecule has 17 heavy (non-hydrogen) atoms. The molecule has 0 amide bonds. The van der Waals surface area contributed by atoms with Crippen molar-refractivity contribution < 1.29 is 0 Å². The Hall–Kier alpha value is 0.140. The highest BCUT2D eigenvalue weighted by Crippen LogP contribution is 2.28. The van der Waals surface area contributed by atoms with E-state index in [1.54, 1.807) is 0 Å². The minimum atomic E-state index is 0.625. The molecule has 0 saturated carbocycles. The molecule has 0 spiro atoms. The number of aryl methyl sites for hydroxylation is 2. The minimum Gasteiger partial charge on any atom is -0.315 e. The summed E-state index contributed by atoms with van der Waals surface area (Å²) in [5.74, 6) is 0. The number of hydrogen-bond donors (Lipinski definition) is 1. The smallest absolute Gasteiger partial charge is 0.0317 e. The summed E-state index contributed by atoms with van der Waals surface area (Å²) in [7, 11) is 0. The van der Waals surface area contributed by atoms with Gasteiger partial charge in [-0.15, -0.1) is 11.3 Å². The standard InChI is InChI=1S/C14H24BrNS/c1-11(2)16-9-7-5-4-6-8-14-13(15)10-12(3)17-14/h10-11,16H,4-9H2,1-3H3. The highest BCUT2D eigenvalue weighted by Gasteiger charge is 2.03. The largest absolute Gasteiger partial charge is 0.315 e. The first kappa shape index (κ1) is 15.2. The van der Waals surface area contributed by atoms with Crippen molar-refractivity contribution in [1.29, 1.82) is 0 Å². The third-order valence-electron chi connectivity index (χ3n) is 2.76. The average Bonchev–Trinajstić information content (AvgIpc) is 2.55. The number of thiophene rings is 1. The van der Waals surface area contributed by atoms with Crippen molar-refractivity contribution in [3.63, 3.8) is 0 Å². The zero-order chi connectivity index (χ0) is 12.7. The molecule has 1 N–H and O–H groups in total. The van der Waals surface area contributed by atoms with Gasteiger partial charge in [0.2, 0.25) is 0 Å². The fourth-order valence-corrected chi connectivity index (χ4v) is 3.76. The molecule has 1 rings (SSSR count). The summed E-state index contributed by atoms with van der Waals surface area (Å²) in [6, 6.07) is 2.85. The summed E-state index contributed by atoms with van der Waals surface area (Å²) in [4.78, 5) is 2.93. The van der Waals surface area contributed by atoms with Gasteiger partial charge in [0.25, 0.3) is 0 Å². The van der Waals surface area contributed by atoms with Crippen molar-refractivity contribution in [2.45, 2.75) is 58.9 Å². The van der Waals surface area contributed by atoms with Gasteiger partial charge < -0.3 is 5.32 Å². The molecule has 0 aromatic carbocycles. The maximum atomic E-state index is 3.63. The molecule has 98 valence electrons. The summed E-state index contributed by atoms with van der Waals surface area (Å²) >= 11 is 5.55. The lowest BCUT2D eigenvalue weighted by atomic mass is 10.1. The SMILES string of the molecule is Cc1cc(Br)c(CCCCCCNC(C)C)s1. The van der Waals surface area contributed by atoms with Crippen molar-refractivity contribution >= 4 is 27.3 Å². The highest BCUT2D eigenvalue weighted by molar-refractivity contribution is 9.10. The van der Waals surface area contributed by atoms with Crippen LogP contribution in [-0.4, -0.2) is 12.6 Å². The lowest BCUT2D eigenvalue weighted by molar-refractivity contribution is 0.542. The zero-order valence-electron chi connectivity index (χ0n) is 11.2. The molecule has 0 radical (unpaired) electrons. The molecule has 0 aliphatic rings. The van der Waals surface area contributed by atoms with Crippen molar-refractivity contribution in [1.82, 2.24) is 5.32 Å². The van der Waals surface area contributed by atoms with Crippen molar-refractivity contribution in [2.24, 2.45) is 0 Å². The molecule has 0 fully saturated rings. The van der Waals surface area contributed by atoms with E-state index in [1.165, 1.54) is 52.9 Å². The number of nitrogens with one attached hydrogen (secondary N) is 1. The van der Waals surface area contributed by atoms with Gasteiger partial charge in [-0.25, -0.2) is 0 Å². The Kier molecular flexibility index (Phi) is 7.40. The predicted molar refractivity (Wildman–Crippen MR) is 82.1 cm³/mol. The number of hydrogen-bond acceptors (Lipinski definition) is 2. The van der Waals surface area contributed by atoms with E-state index in [-0.39, 0.29) is 0 Å². The van der Waals surface area contributed by atoms with Crippen LogP contribution in [-0.2, 0) is 6.42 Å². The molecular weight excluding hydrogens is 294 g/mol. The lowest BCUT2D eigenvalue weighted by Crippen LogP contribution is -2.23. The number of rotatable bonds is 8. The van der Waals surface area contributed by atoms with Crippen molar-refractivity contribution in [3.8, 4) is 0 Å². The molecule has 0 aliphatic carbocycles. The summed E-state index contributed by atoms with van der Waals surface area (Å²) in [6.07, 6.45) is 6.56. The number of unbranched alkanes of at least 4 members (excludes halogenated alkanes) is 3. The van der Waals surface area contributed by atoms with Crippen LogP contribution in [0, 0.1) is 6.92 Å². The van der Waals surface area contributed by atoms with E-state index >= 15 is 0 Å². The third-order valence-corrected chi connectivity index (χ3v) is 4.84. The molecule has 0 atom stereocenters. The monoisotopic (exact) mass is 317 g/mol. The molecule has 0 saturated heterocycles. The molecular formula is C14H24BrNS. The fourth-order valence-electron chi connectivity index (χ4n) is 1.86. The Bertz CT molecular complexity index is 320. The van der Waals surface area contributed by atoms with Gasteiger partial charge in [-0.1, -0.05) is 26.7 Å². The van der Waals surface area contributed by atoms with Gasteiger partial charge in [-0.3, -0.25) is 0 Å². The first-order valence-corrected chi connectivity index (χ1v) is 8.18. The Morgan fingerprint density at radius 3 is 2.53 bits per heavy atom. The molecule has 3 heteroatoms. The van der Waals surface area contributed by atoms with Crippen molar-refractivity contribution in [3.05, 3.63) is 20.3 Å². The van der Waals surface area contributed by atoms with Gasteiger partial charge in [0, 0.05) is 20.3 Å². The van der Waals surface area contributed by atoms with Crippen LogP contribution in [0.25, 0.3) is 0 Å². The molecule has 0 unspecified atom stereocenters. The highest BCUT2D eigenvalue weighted by atomic mass is 79.9. The Labute approximate surface area is 118 Å². The van der Waals surface area contributed by atoms with Gasteiger partial charge in [0.1, 0.15) is 0 Å². The molecule has 1 aromatic rings. The van der Waals surface area contributed by atoms with E-state index in [0.29, 0.717) is 6.04 Å². The first-order chi connectivity index (χ1) is 8.09. The van der Waals surface area contributed by atoms with Gasteiger partial charge in [0.05, 0.1) is 0 Å². The van der Waals surface area contributed by atoms with E-state index in [1.807, 2.05) is 11.3 Å². The van der Waals surface area contributed by atoms with Crippen molar-refractivity contribution in [2.75, 3.05) is 6.54 Å². The van der Waals surface area contributed by atoms with Crippen LogP contribution in [0.15, 0.2) is 10.5 Å². The summed E-state index contributed by atoms with van der Waals surface area (Å²) in [6.45, 7) is 7.75. The third kappa shape index (κ3) is 6.58. The van der Waals surface area contributed by atoms with Crippen LogP contribution in [0.4, 0.5) is 0 Å². The molecule has 1 aromatic heterocycles. The van der Waals surface area contributed by atoms with E-state index in [2.05, 4.69) is 48.1 Å². The van der Waals surface area contributed by atoms with Crippen LogP contribution in [0.2, 0.25) is 0 Å². The Balaban J connectivity index is 2.03. The normalized spacial score (nSPS) is 11.4. The fraction of sp³-hybridized carbons (Fsp3) is 0.714. The first-order valence-electron chi connectivity index (χ1n) is 6.58. The summed E-state index contributed by atoms with van der Waals surface area (Å²) in [5.41, 5.74) is 0. The quantitative estimate of drug-likeness (QED) is 0.671. The average molecular weight is 318 g/mol. The molecule has 0 bridgehead atoms. The van der Waals surface area contributed by atoms with Crippen LogP contribution < -0.4 is 5.32 Å². The van der Waals surface area contributed by atoms with E-state index in [0.717, 1.165) is 0 Å². The van der Waals surface area contributed by atoms with Gasteiger partial charge in [-0.2, -0.15) is 0 Å². The maximum Gasteiger partial charge on any atom is 0.0317 e. The van der Waals surface area contributed by atoms with Crippen LogP contribution in [0.1, 0.15) is 49.3 Å². The van der Waals surface area contributed by atoms with Crippen LogP contribution in [0.3, 0.4) is 0 Å². The molecule has 1 heterocycles. The maximum absolute atomic E-state index is 3.63. The Morgan fingerprint density at radius 2 is 1.94 bits per heavy atom. The lowest BCUT2D eigenvalue weighted by Gasteiger charge is -2.07. The second-order valence-corrected chi connectivity index (χ2v) is 7.10. The second-order valence-electron chi connectivity index (χ2n) is 4.90. The topological polar surface area (TPSA) is 12.0 Å². The van der Waals surface area contributed by atoms with Gasteiger partial charge in [0.15, 0.2) is 0 Å². The summed E-state index contributed by atoms with van der Waals surface area (Å²) in [5, 5.41) is 3.46.